The molecule has 0 unspecified atom stereocenters. The number of hydrogen-bond acceptors (Lipinski definition) is 2. The molecule has 0 aromatic heterocycles. The molecule has 3 N–H and O–H groups in total. The van der Waals surface area contributed by atoms with Crippen LogP contribution in [0.3, 0.4) is 0 Å². The van der Waals surface area contributed by atoms with Crippen molar-refractivity contribution in [2.24, 2.45) is 0 Å². The Morgan fingerprint density at radius 3 is 2.35 bits per heavy atom. The van der Waals surface area contributed by atoms with Gasteiger partial charge in [0, 0.05) is 14.8 Å². The van der Waals surface area contributed by atoms with Crippen molar-refractivity contribution >= 4 is 86.3 Å². The van der Waals surface area contributed by atoms with Crippen LogP contribution in [-0.4, -0.2) is 21.0 Å². The summed E-state index contributed by atoms with van der Waals surface area (Å²) >= 11 is 25.4. The van der Waals surface area contributed by atoms with Crippen LogP contribution in [0.4, 0.5) is 5.69 Å². The fraction of sp³-hybridized carbons (Fsp3) is 0.176. The number of halogens is 4. The van der Waals surface area contributed by atoms with E-state index >= 15 is 0 Å². The molecule has 0 bridgehead atoms. The number of nitrogens with one attached hydrogen (secondary N) is 3. The second-order valence-corrected chi connectivity index (χ2v) is 9.45. The van der Waals surface area contributed by atoms with E-state index < -0.39 is 9.96 Å². The quantitative estimate of drug-likeness (QED) is 0.220. The number of thiocarbonyl (C=S) groups is 1. The van der Waals surface area contributed by atoms with E-state index in [2.05, 4.69) is 38.5 Å². The Hall–Kier alpha value is -0.800. The van der Waals surface area contributed by atoms with Crippen molar-refractivity contribution in [1.82, 2.24) is 10.6 Å². The zero-order valence-electron chi connectivity index (χ0n) is 13.5. The summed E-state index contributed by atoms with van der Waals surface area (Å²) in [6, 6.07) is 14.6. The third-order valence-electron chi connectivity index (χ3n) is 3.26. The van der Waals surface area contributed by atoms with Crippen LogP contribution in [0.2, 0.25) is 0 Å². The monoisotopic (exact) mass is 541 g/mol. The SMILES string of the molecule is Cc1cccc(NC(=S)N[C@H](NC(=O)c2ccc(I)cc2)C(Cl)(Cl)Cl)c1. The average Bonchev–Trinajstić information content (AvgIpc) is 2.53. The van der Waals surface area contributed by atoms with Gasteiger partial charge in [0.05, 0.1) is 0 Å². The van der Waals surface area contributed by atoms with Gasteiger partial charge in [0.2, 0.25) is 3.79 Å². The maximum atomic E-state index is 12.4. The van der Waals surface area contributed by atoms with Gasteiger partial charge in [-0.3, -0.25) is 4.79 Å². The molecule has 138 valence electrons. The molecule has 0 aliphatic carbocycles. The molecule has 4 nitrogen and oxygen atoms in total. The van der Waals surface area contributed by atoms with Crippen LogP contribution >= 0.6 is 69.6 Å². The van der Waals surface area contributed by atoms with E-state index in [1.807, 2.05) is 43.3 Å². The van der Waals surface area contributed by atoms with Gasteiger partial charge >= 0.3 is 0 Å². The smallest absolute Gasteiger partial charge is 0.252 e. The first-order valence-electron chi connectivity index (χ1n) is 7.42. The van der Waals surface area contributed by atoms with E-state index in [-0.39, 0.29) is 11.0 Å². The van der Waals surface area contributed by atoms with Gasteiger partial charge in [-0.2, -0.15) is 0 Å². The van der Waals surface area contributed by atoms with Gasteiger partial charge in [0.25, 0.3) is 5.91 Å². The van der Waals surface area contributed by atoms with Crippen molar-refractivity contribution in [3.8, 4) is 0 Å². The molecule has 2 rings (SSSR count). The van der Waals surface area contributed by atoms with Crippen molar-refractivity contribution in [1.29, 1.82) is 0 Å². The van der Waals surface area contributed by atoms with E-state index in [0.29, 0.717) is 5.56 Å². The summed E-state index contributed by atoms with van der Waals surface area (Å²) in [7, 11) is 0. The first kappa shape index (κ1) is 21.5. The second-order valence-electron chi connectivity index (χ2n) is 5.42. The largest absolute Gasteiger partial charge is 0.339 e. The lowest BCUT2D eigenvalue weighted by atomic mass is 10.2. The maximum Gasteiger partial charge on any atom is 0.252 e. The topological polar surface area (TPSA) is 53.2 Å². The van der Waals surface area contributed by atoms with Crippen molar-refractivity contribution in [2.45, 2.75) is 16.9 Å². The van der Waals surface area contributed by atoms with Gasteiger partial charge in [-0.25, -0.2) is 0 Å². The summed E-state index contributed by atoms with van der Waals surface area (Å²) in [5.41, 5.74) is 2.31. The van der Waals surface area contributed by atoms with Crippen LogP contribution in [0.25, 0.3) is 0 Å². The Morgan fingerprint density at radius 2 is 1.77 bits per heavy atom. The van der Waals surface area contributed by atoms with E-state index in [1.54, 1.807) is 12.1 Å². The van der Waals surface area contributed by atoms with Gasteiger partial charge < -0.3 is 16.0 Å². The maximum absolute atomic E-state index is 12.4. The third-order valence-corrected chi connectivity index (χ3v) is 4.85. The molecule has 0 radical (unpaired) electrons. The van der Waals surface area contributed by atoms with Gasteiger partial charge in [-0.05, 0) is 83.7 Å². The first-order chi connectivity index (χ1) is 12.1. The molecule has 0 fully saturated rings. The molecule has 2 aromatic carbocycles. The Labute approximate surface area is 186 Å². The third kappa shape index (κ3) is 6.74. The number of carbonyl (C=O) groups excluding carboxylic acids is 1. The number of amides is 1. The fourth-order valence-corrected chi connectivity index (χ4v) is 2.96. The molecular weight excluding hydrogens is 528 g/mol. The lowest BCUT2D eigenvalue weighted by molar-refractivity contribution is 0.0934. The fourth-order valence-electron chi connectivity index (χ4n) is 2.04. The predicted octanol–water partition coefficient (Wildman–Crippen LogP) is 5.01. The minimum Gasteiger partial charge on any atom is -0.339 e. The lowest BCUT2D eigenvalue weighted by Gasteiger charge is -2.27. The molecule has 0 saturated heterocycles. The highest BCUT2D eigenvalue weighted by molar-refractivity contribution is 14.1. The van der Waals surface area contributed by atoms with Crippen LogP contribution in [0.15, 0.2) is 48.5 Å². The van der Waals surface area contributed by atoms with Gasteiger partial charge in [-0.15, -0.1) is 0 Å². The average molecular weight is 543 g/mol. The molecule has 2 aromatic rings. The summed E-state index contributed by atoms with van der Waals surface area (Å²) in [4.78, 5) is 12.4. The molecule has 1 amide bonds. The van der Waals surface area contributed by atoms with E-state index in [0.717, 1.165) is 14.8 Å². The molecule has 9 heteroatoms. The summed E-state index contributed by atoms with van der Waals surface area (Å²) in [5, 5.41) is 8.69. The number of carbonyl (C=O) groups is 1. The Bertz CT molecular complexity index is 797. The minimum atomic E-state index is -1.81. The van der Waals surface area contributed by atoms with E-state index in [4.69, 9.17) is 47.0 Å². The number of aryl methyl sites for hydroxylation is 1. The number of alkyl halides is 3. The van der Waals surface area contributed by atoms with Crippen LogP contribution < -0.4 is 16.0 Å². The zero-order valence-corrected chi connectivity index (χ0v) is 18.8. The molecule has 0 spiro atoms. The number of hydrogen-bond donors (Lipinski definition) is 3. The van der Waals surface area contributed by atoms with Crippen molar-refractivity contribution in [3.05, 3.63) is 63.2 Å². The van der Waals surface area contributed by atoms with Crippen LogP contribution in [0, 0.1) is 10.5 Å². The van der Waals surface area contributed by atoms with Crippen LogP contribution in [-0.2, 0) is 0 Å². The molecule has 0 saturated carbocycles. The summed E-state index contributed by atoms with van der Waals surface area (Å²) in [6.07, 6.45) is -1.02. The molecule has 0 aliphatic rings. The lowest BCUT2D eigenvalue weighted by Crippen LogP contribution is -2.56. The van der Waals surface area contributed by atoms with Gasteiger partial charge in [0.15, 0.2) is 5.11 Å². The normalized spacial score (nSPS) is 12.2. The highest BCUT2D eigenvalue weighted by Gasteiger charge is 2.34. The summed E-state index contributed by atoms with van der Waals surface area (Å²) in [6.45, 7) is 1.97. The standard InChI is InChI=1S/C17H15Cl3IN3OS/c1-10-3-2-4-13(9-10)22-16(26)24-15(17(18,19)20)23-14(25)11-5-7-12(21)8-6-11/h2-9,15H,1H3,(H,23,25)(H2,22,24,26)/t15-/m0/s1. The molecular formula is C17H15Cl3IN3OS. The zero-order chi connectivity index (χ0) is 19.3. The Kier molecular flexibility index (Phi) is 7.78. The summed E-state index contributed by atoms with van der Waals surface area (Å²) < 4.78 is -0.796. The Balaban J connectivity index is 2.06. The van der Waals surface area contributed by atoms with Gasteiger partial charge in [0.1, 0.15) is 6.17 Å². The van der Waals surface area contributed by atoms with Crippen molar-refractivity contribution in [3.63, 3.8) is 0 Å². The van der Waals surface area contributed by atoms with E-state index in [9.17, 15) is 4.79 Å². The van der Waals surface area contributed by atoms with E-state index in [1.165, 1.54) is 0 Å². The highest BCUT2D eigenvalue weighted by Crippen LogP contribution is 2.29. The molecule has 0 aliphatic heterocycles. The Morgan fingerprint density at radius 1 is 1.12 bits per heavy atom. The number of anilines is 1. The highest BCUT2D eigenvalue weighted by atomic mass is 127. The minimum absolute atomic E-state index is 0.217. The summed E-state index contributed by atoms with van der Waals surface area (Å²) in [5.74, 6) is -0.386. The first-order valence-corrected chi connectivity index (χ1v) is 10.0. The van der Waals surface area contributed by atoms with Crippen LogP contribution in [0.5, 0.6) is 0 Å². The van der Waals surface area contributed by atoms with Crippen LogP contribution in [0.1, 0.15) is 15.9 Å². The predicted molar refractivity (Wildman–Crippen MR) is 121 cm³/mol. The van der Waals surface area contributed by atoms with Crippen molar-refractivity contribution in [2.75, 3.05) is 5.32 Å². The number of benzene rings is 2. The number of rotatable bonds is 4. The molecule has 26 heavy (non-hydrogen) atoms. The molecule has 1 atom stereocenters. The van der Waals surface area contributed by atoms with Gasteiger partial charge in [-0.1, -0.05) is 46.9 Å². The second kappa shape index (κ2) is 9.41. The van der Waals surface area contributed by atoms with Crippen molar-refractivity contribution < 1.29 is 4.79 Å². The molecule has 0 heterocycles.